The molecule has 17 heavy (non-hydrogen) atoms. The Morgan fingerprint density at radius 3 is 2.65 bits per heavy atom. The fraction of sp³-hybridized carbons (Fsp3) is 0.231. The Kier molecular flexibility index (Phi) is 3.23. The lowest BCUT2D eigenvalue weighted by Crippen LogP contribution is -2.03. The standard InChI is InChI=1S/C13H16N4/c1-9-5-13(17-8-12(9)14)16-7-11-4-3-10(2)15-6-11/h3-6,8H,7,14H2,1-2H3,(H,16,17). The van der Waals surface area contributed by atoms with Crippen LogP contribution in [0.15, 0.2) is 30.6 Å². The lowest BCUT2D eigenvalue weighted by Gasteiger charge is -2.07. The lowest BCUT2D eigenvalue weighted by atomic mass is 10.2. The van der Waals surface area contributed by atoms with E-state index in [4.69, 9.17) is 5.73 Å². The number of pyridine rings is 2. The van der Waals surface area contributed by atoms with E-state index in [0.29, 0.717) is 12.2 Å². The maximum Gasteiger partial charge on any atom is 0.126 e. The van der Waals surface area contributed by atoms with Crippen molar-refractivity contribution >= 4 is 11.5 Å². The lowest BCUT2D eigenvalue weighted by molar-refractivity contribution is 1.07. The first-order valence-corrected chi connectivity index (χ1v) is 5.52. The molecule has 2 aromatic rings. The molecular formula is C13H16N4. The highest BCUT2D eigenvalue weighted by atomic mass is 15.0. The molecular weight excluding hydrogens is 212 g/mol. The highest BCUT2D eigenvalue weighted by Gasteiger charge is 1.98. The van der Waals surface area contributed by atoms with Gasteiger partial charge in [-0.2, -0.15) is 0 Å². The van der Waals surface area contributed by atoms with Gasteiger partial charge in [0.05, 0.1) is 11.9 Å². The zero-order valence-electron chi connectivity index (χ0n) is 10.1. The van der Waals surface area contributed by atoms with Gasteiger partial charge in [0, 0.05) is 18.4 Å². The van der Waals surface area contributed by atoms with Crippen LogP contribution in [0.5, 0.6) is 0 Å². The third-order valence-corrected chi connectivity index (χ3v) is 2.60. The number of aryl methyl sites for hydroxylation is 2. The number of hydrogen-bond acceptors (Lipinski definition) is 4. The fourth-order valence-corrected chi connectivity index (χ4v) is 1.46. The molecule has 0 fully saturated rings. The minimum atomic E-state index is 0.712. The van der Waals surface area contributed by atoms with Crippen LogP contribution in [0, 0.1) is 13.8 Å². The van der Waals surface area contributed by atoms with Crippen LogP contribution < -0.4 is 11.1 Å². The Bertz CT molecular complexity index is 505. The Labute approximate surface area is 101 Å². The largest absolute Gasteiger partial charge is 0.397 e. The van der Waals surface area contributed by atoms with E-state index >= 15 is 0 Å². The number of nitrogens with zero attached hydrogens (tertiary/aromatic N) is 2. The average Bonchev–Trinajstić information content (AvgIpc) is 2.33. The van der Waals surface area contributed by atoms with Crippen molar-refractivity contribution in [1.29, 1.82) is 0 Å². The smallest absolute Gasteiger partial charge is 0.126 e. The Morgan fingerprint density at radius 1 is 1.18 bits per heavy atom. The number of nitrogens with one attached hydrogen (secondary N) is 1. The molecule has 88 valence electrons. The fourth-order valence-electron chi connectivity index (χ4n) is 1.46. The van der Waals surface area contributed by atoms with Crippen molar-refractivity contribution in [1.82, 2.24) is 9.97 Å². The molecule has 0 saturated carbocycles. The molecule has 3 N–H and O–H groups in total. The molecule has 4 heteroatoms. The van der Waals surface area contributed by atoms with E-state index in [9.17, 15) is 0 Å². The van der Waals surface area contributed by atoms with Crippen molar-refractivity contribution in [3.05, 3.63) is 47.4 Å². The highest BCUT2D eigenvalue weighted by Crippen LogP contribution is 2.13. The number of anilines is 2. The summed E-state index contributed by atoms with van der Waals surface area (Å²) in [6, 6.07) is 6.00. The Balaban J connectivity index is 2.02. The van der Waals surface area contributed by atoms with E-state index in [0.717, 1.165) is 22.6 Å². The van der Waals surface area contributed by atoms with Crippen molar-refractivity contribution in [3.8, 4) is 0 Å². The van der Waals surface area contributed by atoms with Crippen molar-refractivity contribution in [3.63, 3.8) is 0 Å². The van der Waals surface area contributed by atoms with Crippen LogP contribution in [0.25, 0.3) is 0 Å². The van der Waals surface area contributed by atoms with E-state index in [1.165, 1.54) is 0 Å². The van der Waals surface area contributed by atoms with Crippen molar-refractivity contribution < 1.29 is 0 Å². The van der Waals surface area contributed by atoms with Gasteiger partial charge in [0.15, 0.2) is 0 Å². The summed E-state index contributed by atoms with van der Waals surface area (Å²) >= 11 is 0. The van der Waals surface area contributed by atoms with Crippen molar-refractivity contribution in [2.75, 3.05) is 11.1 Å². The number of aromatic nitrogens is 2. The molecule has 4 nitrogen and oxygen atoms in total. The molecule has 0 aliphatic heterocycles. The average molecular weight is 228 g/mol. The zero-order valence-corrected chi connectivity index (χ0v) is 10.1. The summed E-state index contributed by atoms with van der Waals surface area (Å²) in [6.07, 6.45) is 3.54. The minimum absolute atomic E-state index is 0.712. The predicted molar refractivity (Wildman–Crippen MR) is 69.7 cm³/mol. The van der Waals surface area contributed by atoms with Gasteiger partial charge in [-0.1, -0.05) is 6.07 Å². The summed E-state index contributed by atoms with van der Waals surface area (Å²) in [7, 11) is 0. The van der Waals surface area contributed by atoms with Crippen molar-refractivity contribution in [2.24, 2.45) is 0 Å². The van der Waals surface area contributed by atoms with Gasteiger partial charge in [-0.25, -0.2) is 4.98 Å². The second-order valence-electron chi connectivity index (χ2n) is 4.09. The topological polar surface area (TPSA) is 63.8 Å². The van der Waals surface area contributed by atoms with Gasteiger partial charge in [-0.15, -0.1) is 0 Å². The van der Waals surface area contributed by atoms with Gasteiger partial charge >= 0.3 is 0 Å². The number of hydrogen-bond donors (Lipinski definition) is 2. The molecule has 0 aliphatic carbocycles. The number of nitrogen functional groups attached to an aromatic ring is 1. The summed E-state index contributed by atoms with van der Waals surface area (Å²) in [5.74, 6) is 0.831. The van der Waals surface area contributed by atoms with Gasteiger partial charge in [0.25, 0.3) is 0 Å². The highest BCUT2D eigenvalue weighted by molar-refractivity contribution is 5.50. The minimum Gasteiger partial charge on any atom is -0.397 e. The third kappa shape index (κ3) is 2.93. The van der Waals surface area contributed by atoms with Crippen LogP contribution in [0.3, 0.4) is 0 Å². The molecule has 0 atom stereocenters. The SMILES string of the molecule is Cc1ccc(CNc2cc(C)c(N)cn2)cn1. The molecule has 0 aliphatic rings. The summed E-state index contributed by atoms with van der Waals surface area (Å²) < 4.78 is 0. The maximum absolute atomic E-state index is 5.71. The van der Waals surface area contributed by atoms with Gasteiger partial charge in [-0.05, 0) is 37.1 Å². The molecule has 2 aromatic heterocycles. The van der Waals surface area contributed by atoms with Crippen LogP contribution in [0.4, 0.5) is 11.5 Å². The molecule has 0 spiro atoms. The van der Waals surface area contributed by atoms with E-state index in [-0.39, 0.29) is 0 Å². The molecule has 0 saturated heterocycles. The van der Waals surface area contributed by atoms with E-state index in [2.05, 4.69) is 21.4 Å². The third-order valence-electron chi connectivity index (χ3n) is 2.60. The van der Waals surface area contributed by atoms with Gasteiger partial charge in [0.1, 0.15) is 5.82 Å². The molecule has 2 rings (SSSR count). The summed E-state index contributed by atoms with van der Waals surface area (Å²) in [5.41, 5.74) is 9.61. The van der Waals surface area contributed by atoms with Gasteiger partial charge < -0.3 is 11.1 Å². The molecule has 0 aromatic carbocycles. The first kappa shape index (κ1) is 11.4. The van der Waals surface area contributed by atoms with Gasteiger partial charge in [0.2, 0.25) is 0 Å². The number of rotatable bonds is 3. The van der Waals surface area contributed by atoms with Crippen LogP contribution in [0.1, 0.15) is 16.8 Å². The van der Waals surface area contributed by atoms with Crippen molar-refractivity contribution in [2.45, 2.75) is 20.4 Å². The zero-order chi connectivity index (χ0) is 12.3. The Hall–Kier alpha value is -2.10. The summed E-state index contributed by atoms with van der Waals surface area (Å²) in [6.45, 7) is 4.65. The van der Waals surface area contributed by atoms with E-state index in [1.54, 1.807) is 6.20 Å². The second-order valence-corrected chi connectivity index (χ2v) is 4.09. The maximum atomic E-state index is 5.71. The Morgan fingerprint density at radius 2 is 2.00 bits per heavy atom. The molecule has 0 amide bonds. The molecule has 0 bridgehead atoms. The van der Waals surface area contributed by atoms with E-state index in [1.807, 2.05) is 32.2 Å². The van der Waals surface area contributed by atoms with Crippen LogP contribution in [-0.4, -0.2) is 9.97 Å². The number of nitrogens with two attached hydrogens (primary N) is 1. The normalized spacial score (nSPS) is 10.2. The quantitative estimate of drug-likeness (QED) is 0.846. The van der Waals surface area contributed by atoms with Gasteiger partial charge in [-0.3, -0.25) is 4.98 Å². The summed E-state index contributed by atoms with van der Waals surface area (Å²) in [4.78, 5) is 8.46. The monoisotopic (exact) mass is 228 g/mol. The summed E-state index contributed by atoms with van der Waals surface area (Å²) in [5, 5.41) is 3.24. The van der Waals surface area contributed by atoms with Crippen LogP contribution in [0.2, 0.25) is 0 Å². The first-order chi connectivity index (χ1) is 8.15. The molecule has 0 unspecified atom stereocenters. The second kappa shape index (κ2) is 4.82. The van der Waals surface area contributed by atoms with E-state index < -0.39 is 0 Å². The van der Waals surface area contributed by atoms with Crippen LogP contribution >= 0.6 is 0 Å². The first-order valence-electron chi connectivity index (χ1n) is 5.52. The predicted octanol–water partition coefficient (Wildman–Crippen LogP) is 2.29. The van der Waals surface area contributed by atoms with Crippen LogP contribution in [-0.2, 0) is 6.54 Å². The molecule has 0 radical (unpaired) electrons. The molecule has 2 heterocycles.